The van der Waals surface area contributed by atoms with E-state index in [1.54, 1.807) is 6.92 Å². The first kappa shape index (κ1) is 16.8. The van der Waals surface area contributed by atoms with Gasteiger partial charge >= 0.3 is 12.1 Å². The van der Waals surface area contributed by atoms with Gasteiger partial charge in [0, 0.05) is 0 Å². The molecule has 1 rings (SSSR count). The summed E-state index contributed by atoms with van der Waals surface area (Å²) >= 11 is 0. The monoisotopic (exact) mass is 287 g/mol. The van der Waals surface area contributed by atoms with Gasteiger partial charge in [-0.2, -0.15) is 0 Å². The number of quaternary nitrogens is 1. The Morgan fingerprint density at radius 3 is 2.65 bits per heavy atom. The van der Waals surface area contributed by atoms with E-state index in [9.17, 15) is 9.59 Å². The predicted octanol–water partition coefficient (Wildman–Crippen LogP) is 0.559. The second-order valence-corrected chi connectivity index (χ2v) is 6.09. The van der Waals surface area contributed by atoms with Gasteiger partial charge in [-0.25, -0.2) is 4.79 Å². The van der Waals surface area contributed by atoms with Crippen LogP contribution in [0, 0.1) is 0 Å². The predicted molar refractivity (Wildman–Crippen MR) is 74.2 cm³/mol. The van der Waals surface area contributed by atoms with Crippen LogP contribution in [-0.4, -0.2) is 42.9 Å². The molecule has 0 spiro atoms. The fraction of sp³-hybridized carbons (Fsp3) is 0.857. The lowest BCUT2D eigenvalue weighted by Crippen LogP contribution is -2.95. The lowest BCUT2D eigenvalue weighted by atomic mass is 9.96. The molecule has 1 aliphatic heterocycles. The van der Waals surface area contributed by atoms with Crippen molar-refractivity contribution in [2.75, 3.05) is 13.2 Å². The van der Waals surface area contributed by atoms with Gasteiger partial charge in [0.2, 0.25) is 0 Å². The van der Waals surface area contributed by atoms with Crippen LogP contribution in [0.15, 0.2) is 0 Å². The number of alkyl carbamates (subject to hydrolysis) is 1. The minimum absolute atomic E-state index is 0.0234. The SMILES string of the molecule is CCOC(=O)C[C@H]1[NH2+]CCC[C@H]1NC(=O)OC(C)(C)C. The highest BCUT2D eigenvalue weighted by atomic mass is 16.6. The first-order chi connectivity index (χ1) is 9.31. The summed E-state index contributed by atoms with van der Waals surface area (Å²) < 4.78 is 10.2. The van der Waals surface area contributed by atoms with Crippen molar-refractivity contribution in [2.24, 2.45) is 0 Å². The van der Waals surface area contributed by atoms with E-state index in [1.165, 1.54) is 0 Å². The topological polar surface area (TPSA) is 81.2 Å². The van der Waals surface area contributed by atoms with Gasteiger partial charge in [0.1, 0.15) is 11.6 Å². The third-order valence-corrected chi connectivity index (χ3v) is 3.12. The molecule has 6 heteroatoms. The highest BCUT2D eigenvalue weighted by Gasteiger charge is 2.33. The number of esters is 1. The van der Waals surface area contributed by atoms with Crippen molar-refractivity contribution in [3.05, 3.63) is 0 Å². The zero-order chi connectivity index (χ0) is 15.2. The fourth-order valence-corrected chi connectivity index (χ4v) is 2.32. The van der Waals surface area contributed by atoms with Gasteiger partial charge < -0.3 is 20.1 Å². The normalized spacial score (nSPS) is 23.0. The Morgan fingerprint density at radius 1 is 1.35 bits per heavy atom. The van der Waals surface area contributed by atoms with Crippen molar-refractivity contribution >= 4 is 12.1 Å². The molecule has 1 aliphatic rings. The van der Waals surface area contributed by atoms with E-state index in [2.05, 4.69) is 10.6 Å². The molecular formula is C14H27N2O4+. The first-order valence-corrected chi connectivity index (χ1v) is 7.30. The lowest BCUT2D eigenvalue weighted by Gasteiger charge is -2.30. The molecular weight excluding hydrogens is 260 g/mol. The minimum atomic E-state index is -0.515. The first-order valence-electron chi connectivity index (χ1n) is 7.30. The number of amides is 1. The molecule has 2 atom stereocenters. The summed E-state index contributed by atoms with van der Waals surface area (Å²) in [4.78, 5) is 23.4. The number of nitrogens with one attached hydrogen (secondary N) is 1. The summed E-state index contributed by atoms with van der Waals surface area (Å²) in [7, 11) is 0. The second-order valence-electron chi connectivity index (χ2n) is 6.09. The van der Waals surface area contributed by atoms with Crippen LogP contribution >= 0.6 is 0 Å². The summed E-state index contributed by atoms with van der Waals surface area (Å²) in [5.41, 5.74) is -0.515. The molecule has 0 saturated carbocycles. The molecule has 1 amide bonds. The van der Waals surface area contributed by atoms with E-state index in [4.69, 9.17) is 9.47 Å². The van der Waals surface area contributed by atoms with Crippen LogP contribution in [0.5, 0.6) is 0 Å². The van der Waals surface area contributed by atoms with Gasteiger partial charge in [-0.05, 0) is 40.5 Å². The van der Waals surface area contributed by atoms with E-state index < -0.39 is 11.7 Å². The molecule has 1 fully saturated rings. The van der Waals surface area contributed by atoms with Crippen LogP contribution in [0.1, 0.15) is 47.0 Å². The molecule has 0 radical (unpaired) electrons. The number of hydrogen-bond acceptors (Lipinski definition) is 4. The molecule has 1 saturated heterocycles. The Balaban J connectivity index is 2.51. The average molecular weight is 287 g/mol. The number of ether oxygens (including phenoxy) is 2. The Kier molecular flexibility index (Phi) is 6.26. The highest BCUT2D eigenvalue weighted by Crippen LogP contribution is 2.11. The number of piperidine rings is 1. The third-order valence-electron chi connectivity index (χ3n) is 3.12. The molecule has 0 bridgehead atoms. The summed E-state index contributed by atoms with van der Waals surface area (Å²) in [6.07, 6.45) is 1.76. The van der Waals surface area contributed by atoms with Crippen LogP contribution in [-0.2, 0) is 14.3 Å². The van der Waals surface area contributed by atoms with Crippen LogP contribution in [0.4, 0.5) is 4.79 Å². The smallest absolute Gasteiger partial charge is 0.408 e. The Bertz CT molecular complexity index is 339. The van der Waals surface area contributed by atoms with Crippen molar-refractivity contribution in [3.63, 3.8) is 0 Å². The number of carbonyl (C=O) groups is 2. The average Bonchev–Trinajstić information content (AvgIpc) is 2.29. The summed E-state index contributed by atoms with van der Waals surface area (Å²) in [6.45, 7) is 8.63. The Morgan fingerprint density at radius 2 is 2.05 bits per heavy atom. The molecule has 0 aliphatic carbocycles. The molecule has 0 aromatic carbocycles. The standard InChI is InChI=1S/C14H26N2O4/c1-5-19-12(17)9-11-10(7-6-8-15-11)16-13(18)20-14(2,3)4/h10-11,15H,5-9H2,1-4H3,(H,16,18)/p+1/t10-,11-/m1/s1. The molecule has 3 N–H and O–H groups in total. The van der Waals surface area contributed by atoms with E-state index in [-0.39, 0.29) is 18.1 Å². The summed E-state index contributed by atoms with van der Waals surface area (Å²) in [5.74, 6) is -0.216. The lowest BCUT2D eigenvalue weighted by molar-refractivity contribution is -0.699. The zero-order valence-corrected chi connectivity index (χ0v) is 12.9. The number of rotatable bonds is 4. The summed E-state index contributed by atoms with van der Waals surface area (Å²) in [6, 6.07) is -0.0293. The molecule has 1 heterocycles. The van der Waals surface area contributed by atoms with Gasteiger partial charge in [0.05, 0.1) is 25.6 Å². The number of hydrogen-bond donors (Lipinski definition) is 2. The van der Waals surface area contributed by atoms with Crippen molar-refractivity contribution in [2.45, 2.75) is 64.6 Å². The minimum Gasteiger partial charge on any atom is -0.466 e. The highest BCUT2D eigenvalue weighted by molar-refractivity contribution is 5.71. The Hall–Kier alpha value is -1.30. The van der Waals surface area contributed by atoms with Crippen LogP contribution in [0.2, 0.25) is 0 Å². The molecule has 6 nitrogen and oxygen atoms in total. The molecule has 0 aromatic heterocycles. The maximum Gasteiger partial charge on any atom is 0.408 e. The molecule has 20 heavy (non-hydrogen) atoms. The van der Waals surface area contributed by atoms with Crippen molar-refractivity contribution in [1.82, 2.24) is 5.32 Å². The summed E-state index contributed by atoms with van der Waals surface area (Å²) in [5, 5.41) is 4.97. The van der Waals surface area contributed by atoms with E-state index in [1.807, 2.05) is 20.8 Å². The zero-order valence-electron chi connectivity index (χ0n) is 12.9. The van der Waals surface area contributed by atoms with Gasteiger partial charge in [-0.15, -0.1) is 0 Å². The van der Waals surface area contributed by atoms with Crippen LogP contribution in [0.25, 0.3) is 0 Å². The number of carbonyl (C=O) groups excluding carboxylic acids is 2. The van der Waals surface area contributed by atoms with Gasteiger partial charge in [0.15, 0.2) is 0 Å². The molecule has 0 aromatic rings. The van der Waals surface area contributed by atoms with Crippen molar-refractivity contribution in [1.29, 1.82) is 0 Å². The van der Waals surface area contributed by atoms with Gasteiger partial charge in [0.25, 0.3) is 0 Å². The van der Waals surface area contributed by atoms with Crippen LogP contribution < -0.4 is 10.6 Å². The third kappa shape index (κ3) is 6.23. The second kappa shape index (κ2) is 7.47. The van der Waals surface area contributed by atoms with Crippen molar-refractivity contribution in [3.8, 4) is 0 Å². The van der Waals surface area contributed by atoms with E-state index in [0.29, 0.717) is 13.0 Å². The van der Waals surface area contributed by atoms with E-state index >= 15 is 0 Å². The van der Waals surface area contributed by atoms with Gasteiger partial charge in [-0.3, -0.25) is 4.79 Å². The maximum absolute atomic E-state index is 11.8. The Labute approximate surface area is 120 Å². The van der Waals surface area contributed by atoms with Crippen LogP contribution in [0.3, 0.4) is 0 Å². The number of nitrogens with two attached hydrogens (primary N) is 1. The van der Waals surface area contributed by atoms with Crippen molar-refractivity contribution < 1.29 is 24.4 Å². The van der Waals surface area contributed by atoms with E-state index in [0.717, 1.165) is 19.4 Å². The van der Waals surface area contributed by atoms with Gasteiger partial charge in [-0.1, -0.05) is 0 Å². The molecule has 0 unspecified atom stereocenters. The quantitative estimate of drug-likeness (QED) is 0.740. The fourth-order valence-electron chi connectivity index (χ4n) is 2.32. The largest absolute Gasteiger partial charge is 0.466 e. The maximum atomic E-state index is 11.8. The molecule has 116 valence electrons.